The third kappa shape index (κ3) is 64.1. The first kappa shape index (κ1) is 75.3. The maximum absolute atomic E-state index is 12.9. The molecule has 0 rings (SSSR count). The van der Waals surface area contributed by atoms with Crippen LogP contribution in [-0.2, 0) is 28.6 Å². The van der Waals surface area contributed by atoms with Gasteiger partial charge in [-0.3, -0.25) is 14.4 Å². The van der Waals surface area contributed by atoms with Crippen molar-refractivity contribution in [3.8, 4) is 0 Å². The average molecular weight is 1110 g/mol. The van der Waals surface area contributed by atoms with E-state index in [9.17, 15) is 14.4 Å². The summed E-state index contributed by atoms with van der Waals surface area (Å²) in [5.74, 6) is -0.956. The van der Waals surface area contributed by atoms with Gasteiger partial charge in [-0.2, -0.15) is 0 Å². The van der Waals surface area contributed by atoms with Crippen molar-refractivity contribution in [1.29, 1.82) is 0 Å². The van der Waals surface area contributed by atoms with E-state index in [4.69, 9.17) is 14.2 Å². The largest absolute Gasteiger partial charge is 0.462 e. The first-order chi connectivity index (χ1) is 39.5. The van der Waals surface area contributed by atoms with Gasteiger partial charge in [-0.15, -0.1) is 0 Å². The molecule has 0 radical (unpaired) electrons. The van der Waals surface area contributed by atoms with Crippen LogP contribution in [0.2, 0.25) is 0 Å². The maximum Gasteiger partial charge on any atom is 0.306 e. The van der Waals surface area contributed by atoms with E-state index in [0.717, 1.165) is 148 Å². The van der Waals surface area contributed by atoms with Gasteiger partial charge in [0.05, 0.1) is 0 Å². The fourth-order valence-electron chi connectivity index (χ4n) is 8.64. The standard InChI is InChI=1S/C74H120O6/c1-4-7-10-13-16-19-22-25-28-31-34-35-36-37-38-39-41-43-46-49-52-55-58-61-64-67-73(76)79-70-71(69-78-72(75)66-63-60-57-54-51-48-45-42-33-30-27-24-21-18-15-12-9-6-3)80-74(77)68-65-62-59-56-53-50-47-44-40-32-29-26-23-20-17-14-11-8-5-2/h7,10,16-17,19-21,24-26,28-30,33-35,37-38,40-41,43-44,49,52,71H,4-6,8-9,11-15,18,22-23,27,31-32,36,39,42,45-48,50-51,53-70H2,1-3H3/b10-7-,19-16-,20-17-,24-21-,28-25-,29-26-,33-30-,35-34-,38-37-,43-41-,44-40-,52-49-. The predicted molar refractivity (Wildman–Crippen MR) is 348 cm³/mol. The third-order valence-electron chi connectivity index (χ3n) is 13.5. The lowest BCUT2D eigenvalue weighted by atomic mass is 10.1. The lowest BCUT2D eigenvalue weighted by molar-refractivity contribution is -0.167. The Balaban J connectivity index is 4.51. The number of allylic oxidation sites excluding steroid dienone is 24. The molecule has 1 unspecified atom stereocenters. The number of unbranched alkanes of at least 4 members (excludes halogenated alkanes) is 23. The van der Waals surface area contributed by atoms with Gasteiger partial charge in [0.25, 0.3) is 0 Å². The van der Waals surface area contributed by atoms with E-state index in [1.165, 1.54) is 96.3 Å². The third-order valence-corrected chi connectivity index (χ3v) is 13.5. The van der Waals surface area contributed by atoms with Crippen LogP contribution in [0.5, 0.6) is 0 Å². The van der Waals surface area contributed by atoms with Gasteiger partial charge in [0.15, 0.2) is 6.10 Å². The second-order valence-electron chi connectivity index (χ2n) is 21.3. The van der Waals surface area contributed by atoms with Crippen molar-refractivity contribution in [1.82, 2.24) is 0 Å². The molecule has 0 aliphatic rings. The highest BCUT2D eigenvalue weighted by Crippen LogP contribution is 2.14. The molecule has 0 aliphatic heterocycles. The lowest BCUT2D eigenvalue weighted by Gasteiger charge is -2.18. The minimum atomic E-state index is -0.811. The predicted octanol–water partition coefficient (Wildman–Crippen LogP) is 22.7. The maximum atomic E-state index is 12.9. The Labute approximate surface area is 493 Å². The topological polar surface area (TPSA) is 78.9 Å². The fourth-order valence-corrected chi connectivity index (χ4v) is 8.64. The average Bonchev–Trinajstić information content (AvgIpc) is 3.46. The first-order valence-corrected chi connectivity index (χ1v) is 32.8. The van der Waals surface area contributed by atoms with Crippen LogP contribution < -0.4 is 0 Å². The minimum Gasteiger partial charge on any atom is -0.462 e. The van der Waals surface area contributed by atoms with Crippen LogP contribution in [0.3, 0.4) is 0 Å². The minimum absolute atomic E-state index is 0.103. The summed E-state index contributed by atoms with van der Waals surface area (Å²) in [6, 6.07) is 0. The molecule has 0 bridgehead atoms. The van der Waals surface area contributed by atoms with Gasteiger partial charge in [-0.05, 0) is 148 Å². The summed E-state index contributed by atoms with van der Waals surface area (Å²) in [7, 11) is 0. The Bertz CT molecular complexity index is 1750. The van der Waals surface area contributed by atoms with Crippen molar-refractivity contribution < 1.29 is 28.6 Å². The van der Waals surface area contributed by atoms with Crippen LogP contribution >= 0.6 is 0 Å². The van der Waals surface area contributed by atoms with Gasteiger partial charge in [0.2, 0.25) is 0 Å². The normalized spacial score (nSPS) is 13.1. The molecule has 0 aliphatic carbocycles. The number of rotatable bonds is 58. The molecule has 0 saturated heterocycles. The Hall–Kier alpha value is -4.71. The van der Waals surface area contributed by atoms with Crippen molar-refractivity contribution in [3.05, 3.63) is 146 Å². The SMILES string of the molecule is CC/C=C\C/C=C\C/C=C\C/C=C\C/C=C\C/C=C\C/C=C\CCCCCC(=O)OCC(COC(=O)CCCCCCCCC/C=C\C/C=C\CCCCCC)OC(=O)CCCCCCCC/C=C\C/C=C\C/C=C\CCCCC. The molecule has 0 fully saturated rings. The Morgan fingerprint density at radius 1 is 0.263 bits per heavy atom. The van der Waals surface area contributed by atoms with E-state index in [1.54, 1.807) is 0 Å². The molecular weight excluding hydrogens is 985 g/mol. The number of hydrogen-bond acceptors (Lipinski definition) is 6. The quantitative estimate of drug-likeness (QED) is 0.0261. The molecule has 1 atom stereocenters. The van der Waals surface area contributed by atoms with Crippen LogP contribution in [0.15, 0.2) is 146 Å². The number of hydrogen-bond donors (Lipinski definition) is 0. The van der Waals surface area contributed by atoms with Crippen LogP contribution in [0.4, 0.5) is 0 Å². The molecule has 80 heavy (non-hydrogen) atoms. The number of ether oxygens (including phenoxy) is 3. The molecule has 0 spiro atoms. The first-order valence-electron chi connectivity index (χ1n) is 32.8. The fraction of sp³-hybridized carbons (Fsp3) is 0.635. The highest BCUT2D eigenvalue weighted by atomic mass is 16.6. The van der Waals surface area contributed by atoms with E-state index in [2.05, 4.69) is 167 Å². The molecule has 6 nitrogen and oxygen atoms in total. The zero-order valence-electron chi connectivity index (χ0n) is 51.8. The van der Waals surface area contributed by atoms with E-state index >= 15 is 0 Å². The molecular formula is C74H120O6. The van der Waals surface area contributed by atoms with E-state index < -0.39 is 6.10 Å². The summed E-state index contributed by atoms with van der Waals surface area (Å²) < 4.78 is 16.9. The summed E-state index contributed by atoms with van der Waals surface area (Å²) in [6.45, 7) is 6.44. The van der Waals surface area contributed by atoms with Crippen LogP contribution in [0.1, 0.15) is 284 Å². The molecule has 0 amide bonds. The van der Waals surface area contributed by atoms with Crippen molar-refractivity contribution in [2.24, 2.45) is 0 Å². The number of carbonyl (C=O) groups excluding carboxylic acids is 3. The van der Waals surface area contributed by atoms with Gasteiger partial charge in [0, 0.05) is 19.3 Å². The van der Waals surface area contributed by atoms with Crippen LogP contribution in [-0.4, -0.2) is 37.2 Å². The second-order valence-corrected chi connectivity index (χ2v) is 21.3. The lowest BCUT2D eigenvalue weighted by Crippen LogP contribution is -2.30. The van der Waals surface area contributed by atoms with Crippen LogP contribution in [0.25, 0.3) is 0 Å². The Morgan fingerprint density at radius 3 is 0.800 bits per heavy atom. The monoisotopic (exact) mass is 1100 g/mol. The molecule has 0 aromatic rings. The van der Waals surface area contributed by atoms with Crippen molar-refractivity contribution in [2.45, 2.75) is 290 Å². The van der Waals surface area contributed by atoms with Crippen molar-refractivity contribution >= 4 is 17.9 Å². The molecule has 0 aromatic heterocycles. The number of esters is 3. The van der Waals surface area contributed by atoms with Crippen molar-refractivity contribution in [2.75, 3.05) is 13.2 Å². The second kappa shape index (κ2) is 66.8. The van der Waals surface area contributed by atoms with Gasteiger partial charge in [-0.1, -0.05) is 263 Å². The zero-order chi connectivity index (χ0) is 57.8. The molecule has 0 aromatic carbocycles. The summed E-state index contributed by atoms with van der Waals surface area (Å²) >= 11 is 0. The van der Waals surface area contributed by atoms with Gasteiger partial charge in [0.1, 0.15) is 13.2 Å². The van der Waals surface area contributed by atoms with E-state index in [-0.39, 0.29) is 31.1 Å². The van der Waals surface area contributed by atoms with Crippen molar-refractivity contribution in [3.63, 3.8) is 0 Å². The van der Waals surface area contributed by atoms with E-state index in [1.807, 2.05) is 0 Å². The van der Waals surface area contributed by atoms with E-state index in [0.29, 0.717) is 19.3 Å². The van der Waals surface area contributed by atoms with Crippen LogP contribution in [0, 0.1) is 0 Å². The Morgan fingerprint density at radius 2 is 0.487 bits per heavy atom. The summed E-state index contributed by atoms with van der Waals surface area (Å²) in [4.78, 5) is 38.4. The molecule has 6 heteroatoms. The molecule has 0 heterocycles. The smallest absolute Gasteiger partial charge is 0.306 e. The Kier molecular flexibility index (Phi) is 62.9. The molecule has 0 saturated carbocycles. The summed E-state index contributed by atoms with van der Waals surface area (Å²) in [6.07, 6.45) is 95.5. The summed E-state index contributed by atoms with van der Waals surface area (Å²) in [5.41, 5.74) is 0. The van der Waals surface area contributed by atoms with Gasteiger partial charge >= 0.3 is 17.9 Å². The number of carbonyl (C=O) groups is 3. The molecule has 452 valence electrons. The summed E-state index contributed by atoms with van der Waals surface area (Å²) in [5, 5.41) is 0. The molecule has 0 N–H and O–H groups in total. The highest BCUT2D eigenvalue weighted by molar-refractivity contribution is 5.71. The van der Waals surface area contributed by atoms with Gasteiger partial charge < -0.3 is 14.2 Å². The van der Waals surface area contributed by atoms with Gasteiger partial charge in [-0.25, -0.2) is 0 Å². The highest BCUT2D eigenvalue weighted by Gasteiger charge is 2.19. The zero-order valence-corrected chi connectivity index (χ0v) is 51.8.